The molecule has 0 saturated carbocycles. The van der Waals surface area contributed by atoms with Crippen LogP contribution in [0.15, 0.2) is 36.5 Å². The van der Waals surface area contributed by atoms with Crippen molar-refractivity contribution >= 4 is 0 Å². The molecule has 2 bridgehead atoms. The number of hydrogen-bond donors (Lipinski definition) is 1. The van der Waals surface area contributed by atoms with Gasteiger partial charge >= 0.3 is 0 Å². The second-order valence-corrected chi connectivity index (χ2v) is 6.01. The number of pyridine rings is 1. The van der Waals surface area contributed by atoms with Gasteiger partial charge in [0.1, 0.15) is 5.82 Å². The molecule has 2 nitrogen and oxygen atoms in total. The number of fused-ring (bicyclic) bond motifs is 2. The van der Waals surface area contributed by atoms with E-state index in [1.54, 1.807) is 18.3 Å². The van der Waals surface area contributed by atoms with Crippen LogP contribution >= 0.6 is 0 Å². The molecule has 1 N–H and O–H groups in total. The van der Waals surface area contributed by atoms with Gasteiger partial charge in [-0.2, -0.15) is 4.39 Å². The van der Waals surface area contributed by atoms with E-state index in [0.717, 1.165) is 12.0 Å². The van der Waals surface area contributed by atoms with Crippen LogP contribution in [-0.2, 0) is 0 Å². The summed E-state index contributed by atoms with van der Waals surface area (Å²) in [6.07, 6.45) is 5.11. The van der Waals surface area contributed by atoms with Gasteiger partial charge in [-0.15, -0.1) is 0 Å². The SMILES string of the molecule is Fc1cccc(-c2cc([C@H]3C[C@@H]4CC[C@H]3N4)cnc2F)c1. The van der Waals surface area contributed by atoms with E-state index in [9.17, 15) is 8.78 Å². The van der Waals surface area contributed by atoms with E-state index in [-0.39, 0.29) is 5.82 Å². The summed E-state index contributed by atoms with van der Waals surface area (Å²) in [4.78, 5) is 3.90. The van der Waals surface area contributed by atoms with Crippen molar-refractivity contribution < 1.29 is 8.78 Å². The topological polar surface area (TPSA) is 24.9 Å². The first-order valence-electron chi connectivity index (χ1n) is 7.38. The summed E-state index contributed by atoms with van der Waals surface area (Å²) in [5.41, 5.74) is 1.98. The first-order valence-corrected chi connectivity index (χ1v) is 7.38. The lowest BCUT2D eigenvalue weighted by Crippen LogP contribution is -2.21. The van der Waals surface area contributed by atoms with E-state index in [4.69, 9.17) is 0 Å². The van der Waals surface area contributed by atoms with Crippen LogP contribution in [0, 0.1) is 11.8 Å². The van der Waals surface area contributed by atoms with E-state index in [1.165, 1.54) is 25.0 Å². The van der Waals surface area contributed by atoms with Crippen molar-refractivity contribution in [2.24, 2.45) is 0 Å². The highest BCUT2D eigenvalue weighted by Gasteiger charge is 2.39. The smallest absolute Gasteiger partial charge is 0.220 e. The van der Waals surface area contributed by atoms with Gasteiger partial charge in [-0.1, -0.05) is 12.1 Å². The molecule has 4 heteroatoms. The predicted molar refractivity (Wildman–Crippen MR) is 76.9 cm³/mol. The van der Waals surface area contributed by atoms with Crippen molar-refractivity contribution in [1.82, 2.24) is 10.3 Å². The number of aromatic nitrogens is 1. The van der Waals surface area contributed by atoms with Gasteiger partial charge in [-0.05, 0) is 48.6 Å². The number of nitrogens with one attached hydrogen (secondary N) is 1. The minimum atomic E-state index is -0.541. The molecule has 3 atom stereocenters. The van der Waals surface area contributed by atoms with Crippen molar-refractivity contribution in [2.75, 3.05) is 0 Å². The third-order valence-electron chi connectivity index (χ3n) is 4.72. The van der Waals surface area contributed by atoms with E-state index in [1.807, 2.05) is 6.07 Å². The van der Waals surface area contributed by atoms with E-state index in [0.29, 0.717) is 29.1 Å². The molecular formula is C17H16F2N2. The first-order chi connectivity index (χ1) is 10.2. The van der Waals surface area contributed by atoms with Gasteiger partial charge in [0.05, 0.1) is 0 Å². The lowest BCUT2D eigenvalue weighted by atomic mass is 9.84. The van der Waals surface area contributed by atoms with Gasteiger partial charge in [0.2, 0.25) is 5.95 Å². The summed E-state index contributed by atoms with van der Waals surface area (Å²) in [6, 6.07) is 8.92. The molecule has 2 fully saturated rings. The molecule has 21 heavy (non-hydrogen) atoms. The molecule has 2 aliphatic rings. The minimum Gasteiger partial charge on any atom is -0.311 e. The molecular weight excluding hydrogens is 270 g/mol. The normalized spacial score (nSPS) is 27.2. The monoisotopic (exact) mass is 286 g/mol. The molecule has 2 aliphatic heterocycles. The highest BCUT2D eigenvalue weighted by atomic mass is 19.1. The summed E-state index contributed by atoms with van der Waals surface area (Å²) in [6.45, 7) is 0. The minimum absolute atomic E-state index is 0.362. The molecule has 108 valence electrons. The Morgan fingerprint density at radius 2 is 2.05 bits per heavy atom. The Bertz CT molecular complexity index is 686. The lowest BCUT2D eigenvalue weighted by Gasteiger charge is -2.20. The zero-order chi connectivity index (χ0) is 14.4. The van der Waals surface area contributed by atoms with E-state index >= 15 is 0 Å². The molecule has 1 aromatic carbocycles. The summed E-state index contributed by atoms with van der Waals surface area (Å²) >= 11 is 0. The zero-order valence-electron chi connectivity index (χ0n) is 11.5. The van der Waals surface area contributed by atoms with E-state index < -0.39 is 5.95 Å². The Hall–Kier alpha value is -1.81. The lowest BCUT2D eigenvalue weighted by molar-refractivity contribution is 0.502. The fourth-order valence-electron chi connectivity index (χ4n) is 3.72. The molecule has 0 aliphatic carbocycles. The van der Waals surface area contributed by atoms with Crippen LogP contribution in [-0.4, -0.2) is 17.1 Å². The Balaban J connectivity index is 1.73. The van der Waals surface area contributed by atoms with Crippen molar-refractivity contribution in [3.8, 4) is 11.1 Å². The summed E-state index contributed by atoms with van der Waals surface area (Å²) in [5, 5.41) is 3.58. The maximum atomic E-state index is 14.0. The summed E-state index contributed by atoms with van der Waals surface area (Å²) < 4.78 is 27.4. The van der Waals surface area contributed by atoms with Gasteiger partial charge in [0.25, 0.3) is 0 Å². The number of halogens is 2. The van der Waals surface area contributed by atoms with Crippen LogP contribution < -0.4 is 5.32 Å². The molecule has 0 amide bonds. The molecule has 0 spiro atoms. The Kier molecular flexibility index (Phi) is 3.00. The van der Waals surface area contributed by atoms with Gasteiger partial charge in [-0.25, -0.2) is 9.37 Å². The summed E-state index contributed by atoms with van der Waals surface area (Å²) in [5.74, 6) is -0.511. The number of hydrogen-bond acceptors (Lipinski definition) is 2. The maximum absolute atomic E-state index is 14.0. The average Bonchev–Trinajstić information content (AvgIpc) is 3.10. The maximum Gasteiger partial charge on any atom is 0.220 e. The number of nitrogens with zero attached hydrogens (tertiary/aromatic N) is 1. The third-order valence-corrected chi connectivity index (χ3v) is 4.72. The Morgan fingerprint density at radius 1 is 1.14 bits per heavy atom. The fraction of sp³-hybridized carbons (Fsp3) is 0.353. The molecule has 2 aromatic rings. The third kappa shape index (κ3) is 2.23. The molecule has 4 rings (SSSR count). The molecule has 3 heterocycles. The van der Waals surface area contributed by atoms with Crippen LogP contribution in [0.3, 0.4) is 0 Å². The van der Waals surface area contributed by atoms with Crippen molar-refractivity contribution in [1.29, 1.82) is 0 Å². The largest absolute Gasteiger partial charge is 0.311 e. The van der Waals surface area contributed by atoms with E-state index in [2.05, 4.69) is 10.3 Å². The van der Waals surface area contributed by atoms with Gasteiger partial charge in [0.15, 0.2) is 0 Å². The van der Waals surface area contributed by atoms with Crippen LogP contribution in [0.1, 0.15) is 30.7 Å². The van der Waals surface area contributed by atoms with Crippen molar-refractivity contribution in [3.63, 3.8) is 0 Å². The highest BCUT2D eigenvalue weighted by Crippen LogP contribution is 2.40. The Morgan fingerprint density at radius 3 is 2.76 bits per heavy atom. The first kappa shape index (κ1) is 12.9. The quantitative estimate of drug-likeness (QED) is 0.853. The van der Waals surface area contributed by atoms with Crippen LogP contribution in [0.25, 0.3) is 11.1 Å². The second kappa shape index (κ2) is 4.88. The fourth-order valence-corrected chi connectivity index (χ4v) is 3.72. The number of rotatable bonds is 2. The van der Waals surface area contributed by atoms with Gasteiger partial charge in [0, 0.05) is 29.8 Å². The highest BCUT2D eigenvalue weighted by molar-refractivity contribution is 5.64. The van der Waals surface area contributed by atoms with Crippen molar-refractivity contribution in [2.45, 2.75) is 37.3 Å². The van der Waals surface area contributed by atoms with Crippen LogP contribution in [0.2, 0.25) is 0 Å². The van der Waals surface area contributed by atoms with Crippen molar-refractivity contribution in [3.05, 3.63) is 53.9 Å². The molecule has 0 radical (unpaired) electrons. The van der Waals surface area contributed by atoms with Gasteiger partial charge in [-0.3, -0.25) is 0 Å². The number of benzene rings is 1. The van der Waals surface area contributed by atoms with Crippen LogP contribution in [0.4, 0.5) is 8.78 Å². The molecule has 0 unspecified atom stereocenters. The Labute approximate surface area is 122 Å². The second-order valence-electron chi connectivity index (χ2n) is 6.01. The van der Waals surface area contributed by atoms with Crippen LogP contribution in [0.5, 0.6) is 0 Å². The molecule has 2 saturated heterocycles. The average molecular weight is 286 g/mol. The standard InChI is InChI=1S/C17H16F2N2/c18-12-3-1-2-10(6-12)15-7-11(9-20-17(15)19)14-8-13-4-5-16(14)21-13/h1-3,6-7,9,13-14,16,21H,4-5,8H2/t13-,14+,16+/m0/s1. The molecule has 1 aromatic heterocycles. The zero-order valence-corrected chi connectivity index (χ0v) is 11.5. The predicted octanol–water partition coefficient (Wildman–Crippen LogP) is 3.63. The summed E-state index contributed by atoms with van der Waals surface area (Å²) in [7, 11) is 0. The van der Waals surface area contributed by atoms with Gasteiger partial charge < -0.3 is 5.32 Å².